The third kappa shape index (κ3) is 15.9. The van der Waals surface area contributed by atoms with Crippen molar-refractivity contribution >= 4 is 27.3 Å². The molecule has 0 aliphatic heterocycles. The minimum Gasteiger partial charge on any atom is -0.485 e. The number of hydrogen-bond acceptors (Lipinski definition) is 8. The van der Waals surface area contributed by atoms with Crippen LogP contribution in [0.5, 0.6) is 34.5 Å². The van der Waals surface area contributed by atoms with Gasteiger partial charge in [-0.05, 0) is 96.5 Å². The highest BCUT2D eigenvalue weighted by atomic mass is 79.9. The summed E-state index contributed by atoms with van der Waals surface area (Å²) in [4.78, 5) is 0. The fraction of sp³-hybridized carbons (Fsp3) is 0.250. The van der Waals surface area contributed by atoms with Gasteiger partial charge in [-0.1, -0.05) is 103 Å². The number of aryl methyl sites for hydroxylation is 2. The van der Waals surface area contributed by atoms with Crippen molar-refractivity contribution in [3.63, 3.8) is 0 Å². The number of ether oxygens (including phenoxy) is 4. The molecular weight excluding hydrogens is 818 g/mol. The van der Waals surface area contributed by atoms with Gasteiger partial charge in [0.25, 0.3) is 0 Å². The normalized spacial score (nSPS) is 10.4. The van der Waals surface area contributed by atoms with Crippen molar-refractivity contribution in [2.75, 3.05) is 36.1 Å². The van der Waals surface area contributed by atoms with Crippen molar-refractivity contribution in [1.82, 2.24) is 0 Å². The maximum atomic E-state index is 14.5. The molecule has 0 saturated carbocycles. The molecule has 0 saturated heterocycles. The van der Waals surface area contributed by atoms with E-state index < -0.39 is 11.6 Å². The van der Waals surface area contributed by atoms with E-state index in [1.54, 1.807) is 24.3 Å². The van der Waals surface area contributed by atoms with Gasteiger partial charge in [-0.2, -0.15) is 0 Å². The van der Waals surface area contributed by atoms with Crippen LogP contribution in [0.1, 0.15) is 48.9 Å². The smallest absolute Gasteiger partial charge is 0.169 e. The summed E-state index contributed by atoms with van der Waals surface area (Å²) in [6, 6.07) is 40.2. The fourth-order valence-electron chi connectivity index (χ4n) is 5.31. The second-order valence-corrected chi connectivity index (χ2v) is 13.9. The first-order valence-corrected chi connectivity index (χ1v) is 20.7. The minimum atomic E-state index is -0.506. The molecular formula is C48H53BrF2N2O6. The summed E-state index contributed by atoms with van der Waals surface area (Å²) in [5.41, 5.74) is 10.9. The average molecular weight is 872 g/mol. The van der Waals surface area contributed by atoms with Crippen LogP contribution in [-0.2, 0) is 26.1 Å². The highest BCUT2D eigenvalue weighted by molar-refractivity contribution is 9.09. The molecule has 8 nitrogen and oxygen atoms in total. The Balaban J connectivity index is 0.000000236. The van der Waals surface area contributed by atoms with E-state index in [0.29, 0.717) is 67.2 Å². The van der Waals surface area contributed by atoms with Crippen LogP contribution in [0.2, 0.25) is 0 Å². The van der Waals surface area contributed by atoms with E-state index in [1.807, 2.05) is 91.0 Å². The maximum Gasteiger partial charge on any atom is 0.169 e. The molecule has 312 valence electrons. The van der Waals surface area contributed by atoms with E-state index in [4.69, 9.17) is 34.9 Å². The van der Waals surface area contributed by atoms with Crippen LogP contribution in [0.3, 0.4) is 0 Å². The largest absolute Gasteiger partial charge is 0.485 e. The van der Waals surface area contributed by atoms with Crippen molar-refractivity contribution in [3.8, 4) is 34.5 Å². The SMILES string of the molecule is CCc1ccc(Oc2ccc(N)cc2F)c(OCc2ccccc2)c1.CCc1ccc(Oc2ccc(NCCCO)cc2F)c(OCc2ccccc2)c1.OCCCBr. The van der Waals surface area contributed by atoms with Crippen molar-refractivity contribution < 1.29 is 37.9 Å². The van der Waals surface area contributed by atoms with E-state index >= 15 is 0 Å². The Hall–Kier alpha value is -5.62. The Bertz CT molecular complexity index is 2120. The Morgan fingerprint density at radius 2 is 1.02 bits per heavy atom. The molecule has 5 N–H and O–H groups in total. The van der Waals surface area contributed by atoms with Crippen LogP contribution in [-0.4, -0.2) is 35.3 Å². The summed E-state index contributed by atoms with van der Waals surface area (Å²) in [6.07, 6.45) is 3.20. The molecule has 6 aromatic rings. The van der Waals surface area contributed by atoms with Crippen LogP contribution in [0.4, 0.5) is 20.2 Å². The van der Waals surface area contributed by atoms with Gasteiger partial charge in [0.2, 0.25) is 0 Å². The Labute approximate surface area is 354 Å². The third-order valence-corrected chi connectivity index (χ3v) is 9.15. The number of nitrogens with one attached hydrogen (secondary N) is 1. The summed E-state index contributed by atoms with van der Waals surface area (Å²) in [5, 5.41) is 20.8. The lowest BCUT2D eigenvalue weighted by Crippen LogP contribution is -2.04. The summed E-state index contributed by atoms with van der Waals surface area (Å²) in [6.45, 7) is 5.91. The highest BCUT2D eigenvalue weighted by Gasteiger charge is 2.13. The number of aliphatic hydroxyl groups is 2. The number of nitrogens with two attached hydrogens (primary N) is 1. The van der Waals surface area contributed by atoms with Gasteiger partial charge in [0.15, 0.2) is 46.1 Å². The molecule has 0 heterocycles. The molecule has 0 fully saturated rings. The lowest BCUT2D eigenvalue weighted by molar-refractivity contribution is 0.289. The molecule has 6 aromatic carbocycles. The van der Waals surface area contributed by atoms with Crippen molar-refractivity contribution in [2.45, 2.75) is 52.7 Å². The van der Waals surface area contributed by atoms with E-state index in [2.05, 4.69) is 35.1 Å². The summed E-state index contributed by atoms with van der Waals surface area (Å²) in [5.74, 6) is 1.38. The maximum absolute atomic E-state index is 14.5. The Morgan fingerprint density at radius 1 is 0.542 bits per heavy atom. The molecule has 0 atom stereocenters. The number of anilines is 2. The second-order valence-electron chi connectivity index (χ2n) is 13.1. The van der Waals surface area contributed by atoms with E-state index in [0.717, 1.165) is 46.8 Å². The molecule has 0 aliphatic rings. The first-order valence-electron chi connectivity index (χ1n) is 19.6. The monoisotopic (exact) mass is 870 g/mol. The van der Waals surface area contributed by atoms with Crippen LogP contribution in [0, 0.1) is 11.6 Å². The van der Waals surface area contributed by atoms with Gasteiger partial charge in [0.1, 0.15) is 13.2 Å². The summed E-state index contributed by atoms with van der Waals surface area (Å²) in [7, 11) is 0. The fourth-order valence-corrected chi connectivity index (χ4v) is 5.56. The number of alkyl halides is 1. The first-order chi connectivity index (χ1) is 28.8. The molecule has 0 aliphatic carbocycles. The summed E-state index contributed by atoms with van der Waals surface area (Å²) < 4.78 is 52.0. The molecule has 0 unspecified atom stereocenters. The standard InChI is InChI=1S/C24H26FNO3.C21H20FNO2.C3H7BrO/c1-2-18-9-11-23(24(15-18)28-17-19-7-4-3-5-8-19)29-22-12-10-20(16-21(22)25)26-13-6-14-27;1-2-15-8-10-20(25-19-11-9-17(23)13-18(19)22)21(12-15)24-14-16-6-4-3-5-7-16;4-2-1-3-5/h3-5,7-12,15-16,26-27H,2,6,13-14,17H2,1H3;3-13H,2,14,23H2,1H3;5H,1-3H2. The predicted molar refractivity (Wildman–Crippen MR) is 236 cm³/mol. The summed E-state index contributed by atoms with van der Waals surface area (Å²) >= 11 is 3.15. The van der Waals surface area contributed by atoms with Crippen LogP contribution < -0.4 is 30.0 Å². The zero-order valence-corrected chi connectivity index (χ0v) is 35.1. The van der Waals surface area contributed by atoms with Gasteiger partial charge >= 0.3 is 0 Å². The number of hydrogen-bond donors (Lipinski definition) is 4. The highest BCUT2D eigenvalue weighted by Crippen LogP contribution is 2.36. The van der Waals surface area contributed by atoms with E-state index in [-0.39, 0.29) is 18.1 Å². The molecule has 59 heavy (non-hydrogen) atoms. The molecule has 0 amide bonds. The Morgan fingerprint density at radius 3 is 1.44 bits per heavy atom. The van der Waals surface area contributed by atoms with Gasteiger partial charge in [-0.15, -0.1) is 0 Å². The number of halogens is 3. The molecule has 11 heteroatoms. The van der Waals surface area contributed by atoms with Gasteiger partial charge in [-0.25, -0.2) is 8.78 Å². The number of nitrogen functional groups attached to an aromatic ring is 1. The molecule has 6 rings (SSSR count). The molecule has 0 spiro atoms. The van der Waals surface area contributed by atoms with Crippen molar-refractivity contribution in [3.05, 3.63) is 167 Å². The zero-order valence-electron chi connectivity index (χ0n) is 33.5. The topological polar surface area (TPSA) is 115 Å². The van der Waals surface area contributed by atoms with Gasteiger partial charge in [0.05, 0.1) is 0 Å². The average Bonchev–Trinajstić information content (AvgIpc) is 3.26. The predicted octanol–water partition coefficient (Wildman–Crippen LogP) is 11.7. The van der Waals surface area contributed by atoms with Crippen LogP contribution >= 0.6 is 15.9 Å². The van der Waals surface area contributed by atoms with Crippen molar-refractivity contribution in [1.29, 1.82) is 0 Å². The first kappa shape index (κ1) is 46.1. The van der Waals surface area contributed by atoms with Crippen LogP contribution in [0.25, 0.3) is 0 Å². The van der Waals surface area contributed by atoms with E-state index in [9.17, 15) is 8.78 Å². The quantitative estimate of drug-likeness (QED) is 0.0383. The van der Waals surface area contributed by atoms with Gasteiger partial charge < -0.3 is 40.2 Å². The van der Waals surface area contributed by atoms with E-state index in [1.165, 1.54) is 18.2 Å². The lowest BCUT2D eigenvalue weighted by atomic mass is 10.1. The molecule has 0 bridgehead atoms. The second kappa shape index (κ2) is 25.7. The molecule has 0 radical (unpaired) electrons. The number of rotatable bonds is 18. The number of aliphatic hydroxyl groups excluding tert-OH is 2. The van der Waals surface area contributed by atoms with Crippen LogP contribution in [0.15, 0.2) is 133 Å². The third-order valence-electron chi connectivity index (χ3n) is 8.59. The number of benzene rings is 6. The van der Waals surface area contributed by atoms with Gasteiger partial charge in [0, 0.05) is 48.6 Å². The Kier molecular flexibility index (Phi) is 20.1. The zero-order chi connectivity index (χ0) is 42.2. The lowest BCUT2D eigenvalue weighted by Gasteiger charge is -2.15. The minimum absolute atomic E-state index is 0.0934. The molecule has 0 aromatic heterocycles. The van der Waals surface area contributed by atoms with Gasteiger partial charge in [-0.3, -0.25) is 0 Å². The van der Waals surface area contributed by atoms with Crippen molar-refractivity contribution in [2.24, 2.45) is 0 Å².